The fourth-order valence-corrected chi connectivity index (χ4v) is 2.07. The van der Waals surface area contributed by atoms with Gasteiger partial charge >= 0.3 is 6.01 Å². The third-order valence-corrected chi connectivity index (χ3v) is 3.14. The summed E-state index contributed by atoms with van der Waals surface area (Å²) in [6.07, 6.45) is 3.47. The van der Waals surface area contributed by atoms with Crippen LogP contribution in [0.25, 0.3) is 5.69 Å². The van der Waals surface area contributed by atoms with Gasteiger partial charge in [-0.3, -0.25) is 0 Å². The van der Waals surface area contributed by atoms with Gasteiger partial charge in [-0.1, -0.05) is 17.3 Å². The number of aromatic nitrogens is 5. The molecule has 0 aliphatic carbocycles. The molecule has 3 aromatic rings. The molecule has 0 aliphatic rings. The zero-order chi connectivity index (χ0) is 16.1. The molecule has 0 atom stereocenters. The van der Waals surface area contributed by atoms with Gasteiger partial charge in [0.15, 0.2) is 0 Å². The van der Waals surface area contributed by atoms with E-state index in [1.54, 1.807) is 24.1 Å². The molecule has 2 aromatic heterocycles. The molecule has 3 rings (SSSR count). The standard InChI is InChI=1S/C16H17N5O2/c1-12-4-3-5-15(8-12)21-9-14(19-20-21)11-23-16-17-7-6-13(18-16)10-22-2/h3-9H,10-11H2,1-2H3. The predicted octanol–water partition coefficient (Wildman–Crippen LogP) is 2.09. The van der Waals surface area contributed by atoms with Crippen LogP contribution in [0, 0.1) is 6.92 Å². The summed E-state index contributed by atoms with van der Waals surface area (Å²) in [7, 11) is 1.62. The molecule has 0 N–H and O–H groups in total. The largest absolute Gasteiger partial charge is 0.457 e. The highest BCUT2D eigenvalue weighted by Crippen LogP contribution is 2.10. The quantitative estimate of drug-likeness (QED) is 0.694. The van der Waals surface area contributed by atoms with Crippen molar-refractivity contribution in [3.63, 3.8) is 0 Å². The van der Waals surface area contributed by atoms with Gasteiger partial charge in [-0.25, -0.2) is 9.67 Å². The van der Waals surface area contributed by atoms with E-state index in [0.717, 1.165) is 11.4 Å². The molecule has 1 aromatic carbocycles. The number of ether oxygens (including phenoxy) is 2. The van der Waals surface area contributed by atoms with Gasteiger partial charge in [-0.2, -0.15) is 4.98 Å². The number of benzene rings is 1. The third-order valence-electron chi connectivity index (χ3n) is 3.14. The van der Waals surface area contributed by atoms with Gasteiger partial charge in [0.2, 0.25) is 0 Å². The monoisotopic (exact) mass is 311 g/mol. The summed E-state index contributed by atoms with van der Waals surface area (Å²) in [5.41, 5.74) is 3.59. The van der Waals surface area contributed by atoms with Gasteiger partial charge in [-0.15, -0.1) is 5.10 Å². The molecule has 7 nitrogen and oxygen atoms in total. The number of methoxy groups -OCH3 is 1. The van der Waals surface area contributed by atoms with E-state index in [-0.39, 0.29) is 6.61 Å². The maximum absolute atomic E-state index is 5.56. The number of hydrogen-bond donors (Lipinski definition) is 0. The second kappa shape index (κ2) is 6.97. The van der Waals surface area contributed by atoms with Crippen LogP contribution in [0.1, 0.15) is 17.0 Å². The van der Waals surface area contributed by atoms with Gasteiger partial charge in [0.1, 0.15) is 12.3 Å². The van der Waals surface area contributed by atoms with Crippen molar-refractivity contribution >= 4 is 0 Å². The lowest BCUT2D eigenvalue weighted by molar-refractivity contribution is 0.179. The van der Waals surface area contributed by atoms with Crippen molar-refractivity contribution < 1.29 is 9.47 Å². The fraction of sp³-hybridized carbons (Fsp3) is 0.250. The van der Waals surface area contributed by atoms with Crippen molar-refractivity contribution in [2.75, 3.05) is 7.11 Å². The van der Waals surface area contributed by atoms with Crippen molar-refractivity contribution in [1.82, 2.24) is 25.0 Å². The Labute approximate surface area is 133 Å². The summed E-state index contributed by atoms with van der Waals surface area (Å²) in [5, 5.41) is 8.22. The zero-order valence-electron chi connectivity index (χ0n) is 13.0. The van der Waals surface area contributed by atoms with Crippen molar-refractivity contribution in [3.05, 3.63) is 59.7 Å². The minimum atomic E-state index is 0.252. The molecule has 0 bridgehead atoms. The molecule has 0 fully saturated rings. The molecule has 0 amide bonds. The Kier molecular flexibility index (Phi) is 4.58. The van der Waals surface area contributed by atoms with E-state index >= 15 is 0 Å². The Morgan fingerprint density at radius 1 is 1.13 bits per heavy atom. The van der Waals surface area contributed by atoms with Crippen molar-refractivity contribution in [2.45, 2.75) is 20.1 Å². The van der Waals surface area contributed by atoms with Crippen LogP contribution >= 0.6 is 0 Å². The maximum atomic E-state index is 5.56. The molecule has 0 aliphatic heterocycles. The molecule has 0 saturated heterocycles. The van der Waals surface area contributed by atoms with E-state index in [4.69, 9.17) is 9.47 Å². The normalized spacial score (nSPS) is 10.7. The van der Waals surface area contributed by atoms with E-state index in [0.29, 0.717) is 18.3 Å². The van der Waals surface area contributed by atoms with Crippen LogP contribution < -0.4 is 4.74 Å². The minimum Gasteiger partial charge on any atom is -0.457 e. The number of nitrogens with zero attached hydrogens (tertiary/aromatic N) is 5. The summed E-state index contributed by atoms with van der Waals surface area (Å²) in [6.45, 7) is 2.71. The summed E-state index contributed by atoms with van der Waals surface area (Å²) in [6, 6.07) is 10.1. The molecule has 118 valence electrons. The van der Waals surface area contributed by atoms with E-state index in [9.17, 15) is 0 Å². The highest BCUT2D eigenvalue weighted by atomic mass is 16.5. The summed E-state index contributed by atoms with van der Waals surface area (Å²) >= 11 is 0. The average Bonchev–Trinajstić information content (AvgIpc) is 3.03. The molecule has 0 spiro atoms. The Balaban J connectivity index is 1.66. The molecule has 2 heterocycles. The van der Waals surface area contributed by atoms with Crippen LogP contribution in [0.15, 0.2) is 42.7 Å². The van der Waals surface area contributed by atoms with Crippen molar-refractivity contribution in [2.24, 2.45) is 0 Å². The highest BCUT2D eigenvalue weighted by Gasteiger charge is 2.06. The molecule has 7 heteroatoms. The summed E-state index contributed by atoms with van der Waals surface area (Å²) < 4.78 is 12.3. The van der Waals surface area contributed by atoms with Gasteiger partial charge in [0.05, 0.1) is 24.2 Å². The van der Waals surface area contributed by atoms with E-state index in [1.807, 2.05) is 37.4 Å². The second-order valence-electron chi connectivity index (χ2n) is 5.05. The lowest BCUT2D eigenvalue weighted by atomic mass is 10.2. The Hall–Kier alpha value is -2.80. The molecule has 0 radical (unpaired) electrons. The van der Waals surface area contributed by atoms with E-state index in [2.05, 4.69) is 20.3 Å². The van der Waals surface area contributed by atoms with Crippen molar-refractivity contribution in [1.29, 1.82) is 0 Å². The minimum absolute atomic E-state index is 0.252. The summed E-state index contributed by atoms with van der Waals surface area (Å²) in [5.74, 6) is 0. The van der Waals surface area contributed by atoms with E-state index < -0.39 is 0 Å². The predicted molar refractivity (Wildman–Crippen MR) is 83.2 cm³/mol. The SMILES string of the molecule is COCc1ccnc(OCc2cn(-c3cccc(C)c3)nn2)n1. The van der Waals surface area contributed by atoms with Crippen LogP contribution in [-0.4, -0.2) is 32.1 Å². The molecule has 23 heavy (non-hydrogen) atoms. The molecule has 0 saturated carbocycles. The van der Waals surface area contributed by atoms with Gasteiger partial charge in [0.25, 0.3) is 0 Å². The topological polar surface area (TPSA) is 75.0 Å². The maximum Gasteiger partial charge on any atom is 0.317 e. The zero-order valence-corrected chi connectivity index (χ0v) is 13.0. The van der Waals surface area contributed by atoms with Gasteiger partial charge < -0.3 is 9.47 Å². The van der Waals surface area contributed by atoms with Crippen LogP contribution in [0.5, 0.6) is 6.01 Å². The average molecular weight is 311 g/mol. The first-order valence-electron chi connectivity index (χ1n) is 7.16. The lowest BCUT2D eigenvalue weighted by Crippen LogP contribution is -2.02. The van der Waals surface area contributed by atoms with Crippen molar-refractivity contribution in [3.8, 4) is 11.7 Å². The molecular formula is C16H17N5O2. The Bertz CT molecular complexity index is 787. The highest BCUT2D eigenvalue weighted by molar-refractivity contribution is 5.34. The number of aryl methyl sites for hydroxylation is 1. The van der Waals surface area contributed by atoms with Crippen LogP contribution in [0.4, 0.5) is 0 Å². The summed E-state index contributed by atoms with van der Waals surface area (Å²) in [4.78, 5) is 8.31. The van der Waals surface area contributed by atoms with Crippen LogP contribution in [-0.2, 0) is 18.0 Å². The first-order chi connectivity index (χ1) is 11.2. The Morgan fingerprint density at radius 3 is 2.87 bits per heavy atom. The fourth-order valence-electron chi connectivity index (χ4n) is 2.07. The number of hydrogen-bond acceptors (Lipinski definition) is 6. The lowest BCUT2D eigenvalue weighted by Gasteiger charge is -2.03. The first-order valence-corrected chi connectivity index (χ1v) is 7.16. The number of rotatable bonds is 6. The smallest absolute Gasteiger partial charge is 0.317 e. The Morgan fingerprint density at radius 2 is 2.04 bits per heavy atom. The second-order valence-corrected chi connectivity index (χ2v) is 5.05. The van der Waals surface area contributed by atoms with Crippen LogP contribution in [0.3, 0.4) is 0 Å². The van der Waals surface area contributed by atoms with Gasteiger partial charge in [-0.05, 0) is 30.7 Å². The van der Waals surface area contributed by atoms with E-state index in [1.165, 1.54) is 5.56 Å². The third kappa shape index (κ3) is 3.89. The van der Waals surface area contributed by atoms with Crippen LogP contribution in [0.2, 0.25) is 0 Å². The molecular weight excluding hydrogens is 294 g/mol. The molecule has 0 unspecified atom stereocenters. The van der Waals surface area contributed by atoms with Gasteiger partial charge in [0, 0.05) is 13.3 Å². The first kappa shape index (κ1) is 15.1.